The Morgan fingerprint density at radius 2 is 2.12 bits per heavy atom. The summed E-state index contributed by atoms with van der Waals surface area (Å²) < 4.78 is 0. The molecule has 16 heavy (non-hydrogen) atoms. The molecule has 78 valence electrons. The van der Waals surface area contributed by atoms with Crippen molar-refractivity contribution in [3.8, 4) is 12.1 Å². The number of hydrogen-bond acceptors (Lipinski definition) is 5. The van der Waals surface area contributed by atoms with E-state index in [9.17, 15) is 10.1 Å². The van der Waals surface area contributed by atoms with Crippen LogP contribution in [0.5, 0.6) is 0 Å². The number of allylic oxidation sites excluding steroid dienone is 1. The second kappa shape index (κ2) is 5.13. The van der Waals surface area contributed by atoms with Crippen molar-refractivity contribution in [2.24, 2.45) is 0 Å². The Morgan fingerprint density at radius 1 is 1.44 bits per heavy atom. The Labute approximate surface area is 91.2 Å². The summed E-state index contributed by atoms with van der Waals surface area (Å²) in [6.45, 7) is 0. The highest BCUT2D eigenvalue weighted by molar-refractivity contribution is 5.54. The zero-order valence-corrected chi connectivity index (χ0v) is 8.04. The van der Waals surface area contributed by atoms with Crippen molar-refractivity contribution >= 4 is 11.4 Å². The van der Waals surface area contributed by atoms with E-state index in [1.165, 1.54) is 24.4 Å². The van der Waals surface area contributed by atoms with E-state index in [0.717, 1.165) is 0 Å². The molecule has 1 aromatic rings. The lowest BCUT2D eigenvalue weighted by Crippen LogP contribution is -1.92. The number of hydrogen-bond donors (Lipinski definition) is 1. The summed E-state index contributed by atoms with van der Waals surface area (Å²) in [5.74, 6) is 0. The zero-order valence-electron chi connectivity index (χ0n) is 8.04. The van der Waals surface area contributed by atoms with Crippen LogP contribution in [0.1, 0.15) is 0 Å². The molecule has 0 saturated heterocycles. The molecule has 0 aliphatic carbocycles. The molecule has 6 heteroatoms. The van der Waals surface area contributed by atoms with E-state index in [2.05, 4.69) is 5.32 Å². The number of non-ortho nitro benzene ring substituents is 1. The fourth-order valence-corrected chi connectivity index (χ4v) is 0.954. The minimum absolute atomic E-state index is 0.0612. The van der Waals surface area contributed by atoms with Gasteiger partial charge in [0.25, 0.3) is 5.69 Å². The predicted octanol–water partition coefficient (Wildman–Crippen LogP) is 1.94. The molecule has 0 amide bonds. The number of nitro groups is 1. The number of nitro benzene ring substituents is 1. The molecule has 0 spiro atoms. The SMILES string of the molecule is N#CC(C#N)=CNc1cccc([N+](=O)[O-])c1. The molecule has 0 fully saturated rings. The minimum Gasteiger partial charge on any atom is -0.360 e. The zero-order chi connectivity index (χ0) is 12.0. The summed E-state index contributed by atoms with van der Waals surface area (Å²) in [5.41, 5.74) is 0.276. The highest BCUT2D eigenvalue weighted by Gasteiger charge is 2.04. The Bertz CT molecular complexity index is 506. The quantitative estimate of drug-likeness (QED) is 0.470. The van der Waals surface area contributed by atoms with Gasteiger partial charge in [0, 0.05) is 24.0 Å². The van der Waals surface area contributed by atoms with Gasteiger partial charge in [-0.2, -0.15) is 10.5 Å². The first-order valence-corrected chi connectivity index (χ1v) is 4.18. The number of anilines is 1. The van der Waals surface area contributed by atoms with Crippen molar-refractivity contribution in [3.63, 3.8) is 0 Å². The largest absolute Gasteiger partial charge is 0.360 e. The first-order valence-electron chi connectivity index (χ1n) is 4.18. The van der Waals surface area contributed by atoms with Gasteiger partial charge in [0.2, 0.25) is 0 Å². The lowest BCUT2D eigenvalue weighted by molar-refractivity contribution is -0.384. The molecule has 1 rings (SSSR count). The summed E-state index contributed by atoms with van der Waals surface area (Å²) in [5, 5.41) is 30.0. The second-order valence-corrected chi connectivity index (χ2v) is 2.73. The summed E-state index contributed by atoms with van der Waals surface area (Å²) in [7, 11) is 0. The topological polar surface area (TPSA) is 103 Å². The standard InChI is InChI=1S/C10H6N4O2/c11-5-8(6-12)7-13-9-2-1-3-10(4-9)14(15)16/h1-4,7,13H. The average Bonchev–Trinajstić information content (AvgIpc) is 2.31. The fraction of sp³-hybridized carbons (Fsp3) is 0. The highest BCUT2D eigenvalue weighted by atomic mass is 16.6. The maximum atomic E-state index is 10.5. The highest BCUT2D eigenvalue weighted by Crippen LogP contribution is 2.17. The molecule has 1 aromatic carbocycles. The molecule has 6 nitrogen and oxygen atoms in total. The van der Waals surface area contributed by atoms with Gasteiger partial charge in [0.1, 0.15) is 17.7 Å². The summed E-state index contributed by atoms with van der Waals surface area (Å²) >= 11 is 0. The van der Waals surface area contributed by atoms with Crippen LogP contribution in [0.15, 0.2) is 36.0 Å². The van der Waals surface area contributed by atoms with Crippen LogP contribution in [-0.2, 0) is 0 Å². The van der Waals surface area contributed by atoms with Gasteiger partial charge < -0.3 is 5.32 Å². The number of benzene rings is 1. The van der Waals surface area contributed by atoms with Gasteiger partial charge in [-0.1, -0.05) is 6.07 Å². The molecule has 0 aromatic heterocycles. The fourth-order valence-electron chi connectivity index (χ4n) is 0.954. The normalized spacial score (nSPS) is 8.38. The molecule has 0 bridgehead atoms. The van der Waals surface area contributed by atoms with Crippen LogP contribution < -0.4 is 5.32 Å². The summed E-state index contributed by atoms with van der Waals surface area (Å²) in [4.78, 5) is 9.94. The molecule has 0 heterocycles. The van der Waals surface area contributed by atoms with E-state index in [1.54, 1.807) is 18.2 Å². The summed E-state index contributed by atoms with van der Waals surface area (Å²) in [6.07, 6.45) is 1.19. The van der Waals surface area contributed by atoms with Crippen molar-refractivity contribution in [1.29, 1.82) is 10.5 Å². The third kappa shape index (κ3) is 2.82. The average molecular weight is 214 g/mol. The maximum Gasteiger partial charge on any atom is 0.271 e. The molecule has 0 radical (unpaired) electrons. The van der Waals surface area contributed by atoms with Crippen molar-refractivity contribution < 1.29 is 4.92 Å². The number of nitriles is 2. The molecule has 0 aliphatic rings. The van der Waals surface area contributed by atoms with Gasteiger partial charge >= 0.3 is 0 Å². The van der Waals surface area contributed by atoms with Crippen LogP contribution in [0.3, 0.4) is 0 Å². The monoisotopic (exact) mass is 214 g/mol. The van der Waals surface area contributed by atoms with Gasteiger partial charge in [0.15, 0.2) is 0 Å². The molecular formula is C10H6N4O2. The first-order chi connectivity index (χ1) is 7.67. The lowest BCUT2D eigenvalue weighted by atomic mass is 10.3. The number of rotatable bonds is 3. The Morgan fingerprint density at radius 3 is 2.69 bits per heavy atom. The van der Waals surface area contributed by atoms with Gasteiger partial charge in [-0.25, -0.2) is 0 Å². The molecule has 0 atom stereocenters. The lowest BCUT2D eigenvalue weighted by Gasteiger charge is -1.99. The predicted molar refractivity (Wildman–Crippen MR) is 56.0 cm³/mol. The molecular weight excluding hydrogens is 208 g/mol. The second-order valence-electron chi connectivity index (χ2n) is 2.73. The van der Waals surface area contributed by atoms with Crippen LogP contribution >= 0.6 is 0 Å². The smallest absolute Gasteiger partial charge is 0.271 e. The van der Waals surface area contributed by atoms with Crippen LogP contribution in [0.25, 0.3) is 0 Å². The van der Waals surface area contributed by atoms with Crippen LogP contribution in [-0.4, -0.2) is 4.92 Å². The minimum atomic E-state index is -0.523. The van der Waals surface area contributed by atoms with Crippen molar-refractivity contribution in [1.82, 2.24) is 0 Å². The number of nitrogens with zero attached hydrogens (tertiary/aromatic N) is 3. The van der Waals surface area contributed by atoms with E-state index >= 15 is 0 Å². The third-order valence-corrected chi connectivity index (χ3v) is 1.68. The van der Waals surface area contributed by atoms with E-state index in [1.807, 2.05) is 0 Å². The van der Waals surface area contributed by atoms with Crippen molar-refractivity contribution in [2.45, 2.75) is 0 Å². The Hall–Kier alpha value is -2.86. The van der Waals surface area contributed by atoms with Gasteiger partial charge in [-0.3, -0.25) is 10.1 Å². The molecule has 0 unspecified atom stereocenters. The van der Waals surface area contributed by atoms with Crippen molar-refractivity contribution in [2.75, 3.05) is 5.32 Å². The Kier molecular flexibility index (Phi) is 3.59. The molecule has 0 saturated carbocycles. The van der Waals surface area contributed by atoms with Gasteiger partial charge in [-0.15, -0.1) is 0 Å². The van der Waals surface area contributed by atoms with E-state index < -0.39 is 4.92 Å². The van der Waals surface area contributed by atoms with Gasteiger partial charge in [-0.05, 0) is 6.07 Å². The van der Waals surface area contributed by atoms with E-state index in [4.69, 9.17) is 10.5 Å². The van der Waals surface area contributed by atoms with Gasteiger partial charge in [0.05, 0.1) is 4.92 Å². The maximum absolute atomic E-state index is 10.5. The summed E-state index contributed by atoms with van der Waals surface area (Å²) in [6, 6.07) is 9.09. The van der Waals surface area contributed by atoms with Crippen LogP contribution in [0.4, 0.5) is 11.4 Å². The van der Waals surface area contributed by atoms with E-state index in [-0.39, 0.29) is 11.3 Å². The van der Waals surface area contributed by atoms with Crippen molar-refractivity contribution in [3.05, 3.63) is 46.2 Å². The Balaban J connectivity index is 2.88. The molecule has 1 N–H and O–H groups in total. The first kappa shape index (κ1) is 11.2. The van der Waals surface area contributed by atoms with Crippen LogP contribution in [0, 0.1) is 32.8 Å². The van der Waals surface area contributed by atoms with Crippen LogP contribution in [0.2, 0.25) is 0 Å². The number of nitrogens with one attached hydrogen (secondary N) is 1. The van der Waals surface area contributed by atoms with E-state index in [0.29, 0.717) is 5.69 Å². The third-order valence-electron chi connectivity index (χ3n) is 1.68. The molecule has 0 aliphatic heterocycles.